The van der Waals surface area contributed by atoms with Crippen molar-refractivity contribution < 1.29 is 17.4 Å². The molecule has 0 radical (unpaired) electrons. The van der Waals surface area contributed by atoms with E-state index in [-0.39, 0.29) is 22.3 Å². The van der Waals surface area contributed by atoms with Gasteiger partial charge in [-0.3, -0.25) is 9.59 Å². The van der Waals surface area contributed by atoms with Crippen LogP contribution in [-0.4, -0.2) is 16.9 Å². The summed E-state index contributed by atoms with van der Waals surface area (Å²) in [5.74, 6) is -3.92. The van der Waals surface area contributed by atoms with Gasteiger partial charge in [-0.25, -0.2) is 0 Å². The summed E-state index contributed by atoms with van der Waals surface area (Å²) in [6, 6.07) is 2.50. The third kappa shape index (κ3) is 2.97. The molecule has 0 spiro atoms. The number of hydrogen-bond acceptors (Lipinski definition) is 3. The topological polar surface area (TPSA) is 80.4 Å². The van der Waals surface area contributed by atoms with Gasteiger partial charge in [-0.1, -0.05) is 18.5 Å². The number of ketones is 1. The Morgan fingerprint density at radius 3 is 2.88 bits per heavy atom. The Morgan fingerprint density at radius 1 is 1.69 bits per heavy atom. The van der Waals surface area contributed by atoms with Gasteiger partial charge in [0.15, 0.2) is 5.78 Å². The molecule has 0 aromatic heterocycles. The molecule has 86 valence electrons. The van der Waals surface area contributed by atoms with Crippen LogP contribution in [0.25, 0.3) is 0 Å². The molecule has 1 unspecified atom stereocenters. The summed E-state index contributed by atoms with van der Waals surface area (Å²) in [4.78, 5) is 22.6. The predicted octanol–water partition coefficient (Wildman–Crippen LogP) is 2.22. The molecule has 0 fully saturated rings. The van der Waals surface area contributed by atoms with Crippen molar-refractivity contribution in [2.45, 2.75) is 13.3 Å². The molecule has 0 bridgehead atoms. The Hall–Kier alpha value is -1.55. The highest BCUT2D eigenvalue weighted by Gasteiger charge is 2.18. The molecule has 3 N–H and O–H groups in total. The number of rotatable bonds is 4. The molecule has 1 atom stereocenters. The number of carbonyl (C=O) groups is 2. The molecule has 0 aliphatic carbocycles. The first-order valence-corrected chi connectivity index (χ1v) is 4.86. The quantitative estimate of drug-likeness (QED) is 0.628. The SMILES string of the molecule is [2H]c1c(Cl)ccc(C(=O)CC([2H])(C)C(=O)O)c1N. The number of carboxylic acid groups (broad SMARTS) is 1. The van der Waals surface area contributed by atoms with Gasteiger partial charge in [-0.15, -0.1) is 0 Å². The molecule has 5 heteroatoms. The summed E-state index contributed by atoms with van der Waals surface area (Å²) in [6.45, 7) is 1.13. The van der Waals surface area contributed by atoms with E-state index in [9.17, 15) is 9.59 Å². The van der Waals surface area contributed by atoms with Crippen LogP contribution in [0.1, 0.15) is 26.4 Å². The lowest BCUT2D eigenvalue weighted by Crippen LogP contribution is -2.15. The molecule has 0 amide bonds. The highest BCUT2D eigenvalue weighted by atomic mass is 35.5. The minimum absolute atomic E-state index is 0.0177. The molecular formula is C11H12ClNO3. The Labute approximate surface area is 101 Å². The largest absolute Gasteiger partial charge is 0.481 e. The number of anilines is 1. The van der Waals surface area contributed by atoms with Gasteiger partial charge in [-0.05, 0) is 18.2 Å². The van der Waals surface area contributed by atoms with E-state index in [1.807, 2.05) is 0 Å². The Morgan fingerprint density at radius 2 is 2.31 bits per heavy atom. The van der Waals surface area contributed by atoms with Crippen molar-refractivity contribution >= 4 is 29.0 Å². The van der Waals surface area contributed by atoms with Crippen LogP contribution in [0.4, 0.5) is 5.69 Å². The zero-order chi connectivity index (χ0) is 14.1. The molecule has 16 heavy (non-hydrogen) atoms. The van der Waals surface area contributed by atoms with Crippen LogP contribution in [0, 0.1) is 5.89 Å². The Balaban J connectivity index is 3.07. The van der Waals surface area contributed by atoms with E-state index in [4.69, 9.17) is 25.2 Å². The van der Waals surface area contributed by atoms with Crippen molar-refractivity contribution in [2.24, 2.45) is 5.89 Å². The van der Waals surface area contributed by atoms with Gasteiger partial charge in [0.25, 0.3) is 0 Å². The van der Waals surface area contributed by atoms with Gasteiger partial charge in [0.05, 0.1) is 7.26 Å². The summed E-state index contributed by atoms with van der Waals surface area (Å²) < 4.78 is 15.0. The summed E-state index contributed by atoms with van der Waals surface area (Å²) in [7, 11) is 0. The van der Waals surface area contributed by atoms with Crippen LogP contribution >= 0.6 is 11.6 Å². The fourth-order valence-corrected chi connectivity index (χ4v) is 1.30. The van der Waals surface area contributed by atoms with Crippen molar-refractivity contribution in [2.75, 3.05) is 5.73 Å². The first-order valence-electron chi connectivity index (χ1n) is 5.48. The third-order valence-corrected chi connectivity index (χ3v) is 2.25. The Bertz CT molecular complexity index is 517. The van der Waals surface area contributed by atoms with Crippen LogP contribution in [0.2, 0.25) is 5.02 Å². The number of hydrogen-bond donors (Lipinski definition) is 2. The highest BCUT2D eigenvalue weighted by molar-refractivity contribution is 6.31. The molecule has 0 aliphatic heterocycles. The number of carbonyl (C=O) groups excluding carboxylic acids is 1. The second-order valence-electron chi connectivity index (χ2n) is 3.32. The average Bonchev–Trinajstić information content (AvgIpc) is 2.25. The number of aliphatic carboxylic acids is 1. The van der Waals surface area contributed by atoms with E-state index in [0.717, 1.165) is 6.92 Å². The molecule has 1 aromatic carbocycles. The normalized spacial score (nSPS) is 15.9. The van der Waals surface area contributed by atoms with Crippen LogP contribution in [0.15, 0.2) is 18.2 Å². The van der Waals surface area contributed by atoms with Gasteiger partial charge in [-0.2, -0.15) is 0 Å². The lowest BCUT2D eigenvalue weighted by atomic mass is 9.99. The number of carboxylic acids is 1. The van der Waals surface area contributed by atoms with Gasteiger partial charge in [0.2, 0.25) is 0 Å². The highest BCUT2D eigenvalue weighted by Crippen LogP contribution is 2.20. The van der Waals surface area contributed by atoms with Crippen molar-refractivity contribution in [3.63, 3.8) is 0 Å². The fourth-order valence-electron chi connectivity index (χ4n) is 1.14. The van der Waals surface area contributed by atoms with Crippen LogP contribution in [0.5, 0.6) is 0 Å². The van der Waals surface area contributed by atoms with Gasteiger partial charge >= 0.3 is 5.97 Å². The maximum Gasteiger partial charge on any atom is 0.306 e. The first kappa shape index (κ1) is 9.66. The van der Waals surface area contributed by atoms with E-state index in [0.29, 0.717) is 0 Å². The standard InChI is InChI=1S/C11H12ClNO3/c1-6(11(15)16)4-10(14)8-3-2-7(12)5-9(8)13/h2-3,5-6H,4,13H2,1H3,(H,15,16)/i5D,6D. The number of benzene rings is 1. The van der Waals surface area contributed by atoms with Crippen molar-refractivity contribution in [1.82, 2.24) is 0 Å². The zero-order valence-electron chi connectivity index (χ0n) is 10.6. The molecule has 0 heterocycles. The minimum atomic E-state index is -1.93. The summed E-state index contributed by atoms with van der Waals surface area (Å²) >= 11 is 5.66. The molecule has 0 aliphatic rings. The average molecular weight is 244 g/mol. The first-order chi connectivity index (χ1) is 8.16. The summed E-state index contributed by atoms with van der Waals surface area (Å²) in [6.07, 6.45) is -0.520. The van der Waals surface area contributed by atoms with E-state index in [1.54, 1.807) is 0 Å². The molecule has 1 rings (SSSR count). The monoisotopic (exact) mass is 243 g/mol. The zero-order valence-corrected chi connectivity index (χ0v) is 9.34. The van der Waals surface area contributed by atoms with Crippen LogP contribution < -0.4 is 5.73 Å². The Kier molecular flexibility index (Phi) is 3.01. The second kappa shape index (κ2) is 4.99. The molecule has 0 saturated heterocycles. The van der Waals surface area contributed by atoms with E-state index < -0.39 is 24.1 Å². The van der Waals surface area contributed by atoms with E-state index in [1.165, 1.54) is 12.1 Å². The number of halogens is 1. The van der Waals surface area contributed by atoms with Gasteiger partial charge in [0, 0.05) is 24.1 Å². The van der Waals surface area contributed by atoms with Crippen molar-refractivity contribution in [3.8, 4) is 0 Å². The molecular weight excluding hydrogens is 230 g/mol. The molecule has 4 nitrogen and oxygen atoms in total. The smallest absolute Gasteiger partial charge is 0.306 e. The third-order valence-electron chi connectivity index (χ3n) is 2.03. The number of nitrogen functional groups attached to an aromatic ring is 1. The maximum atomic E-state index is 11.9. The van der Waals surface area contributed by atoms with Gasteiger partial charge in [0.1, 0.15) is 0 Å². The fraction of sp³-hybridized carbons (Fsp3) is 0.273. The maximum absolute atomic E-state index is 11.9. The summed E-state index contributed by atoms with van der Waals surface area (Å²) in [5, 5.41) is 8.88. The molecule has 1 aromatic rings. The second-order valence-corrected chi connectivity index (χ2v) is 3.73. The van der Waals surface area contributed by atoms with Crippen LogP contribution in [0.3, 0.4) is 0 Å². The van der Waals surface area contributed by atoms with Crippen molar-refractivity contribution in [1.29, 1.82) is 0 Å². The van der Waals surface area contributed by atoms with Gasteiger partial charge < -0.3 is 10.8 Å². The number of Topliss-reactive ketones (excluding diaryl/α,β-unsaturated/α-hetero) is 1. The number of nitrogens with two attached hydrogens (primary N) is 1. The van der Waals surface area contributed by atoms with E-state index in [2.05, 4.69) is 0 Å². The molecule has 0 saturated carbocycles. The van der Waals surface area contributed by atoms with Crippen molar-refractivity contribution in [3.05, 3.63) is 28.8 Å². The van der Waals surface area contributed by atoms with Crippen LogP contribution in [-0.2, 0) is 4.79 Å². The lowest BCUT2D eigenvalue weighted by molar-refractivity contribution is -0.141. The predicted molar refractivity (Wildman–Crippen MR) is 61.6 cm³/mol. The summed E-state index contributed by atoms with van der Waals surface area (Å²) in [5.41, 5.74) is 5.49. The lowest BCUT2D eigenvalue weighted by Gasteiger charge is -2.07. The van der Waals surface area contributed by atoms with E-state index >= 15 is 0 Å². The minimum Gasteiger partial charge on any atom is -0.481 e.